The lowest BCUT2D eigenvalue weighted by Gasteiger charge is -1.99. The van der Waals surface area contributed by atoms with Crippen molar-refractivity contribution in [1.29, 1.82) is 0 Å². The molecule has 5 nitrogen and oxygen atoms in total. The fourth-order valence-electron chi connectivity index (χ4n) is 0.436. The fraction of sp³-hybridized carbons (Fsp3) is 0.600. The van der Waals surface area contributed by atoms with Crippen molar-refractivity contribution in [3.05, 3.63) is 0 Å². The molecule has 3 N–H and O–H groups in total. The van der Waals surface area contributed by atoms with E-state index in [9.17, 15) is 0 Å². The molecule has 0 aliphatic carbocycles. The Morgan fingerprint density at radius 1 is 1.60 bits per heavy atom. The topological polar surface area (TPSA) is 77.2 Å². The Balaban J connectivity index is 4.21. The van der Waals surface area contributed by atoms with Gasteiger partial charge in [-0.2, -0.15) is 0 Å². The molecule has 0 aromatic carbocycles. The van der Waals surface area contributed by atoms with Crippen molar-refractivity contribution < 1.29 is 10.4 Å². The van der Waals surface area contributed by atoms with Crippen LogP contribution in [0, 0.1) is 0 Å². The summed E-state index contributed by atoms with van der Waals surface area (Å²) < 4.78 is 0. The van der Waals surface area contributed by atoms with E-state index in [-0.39, 0.29) is 11.5 Å². The summed E-state index contributed by atoms with van der Waals surface area (Å²) in [6.45, 7) is 3.86. The monoisotopic (exact) mass is 145 g/mol. The van der Waals surface area contributed by atoms with Crippen molar-refractivity contribution in [2.24, 2.45) is 10.1 Å². The molecule has 10 heavy (non-hydrogen) atoms. The number of hydrogen-bond acceptors (Lipinski definition) is 4. The number of amidine groups is 1. The van der Waals surface area contributed by atoms with Gasteiger partial charge < -0.3 is 5.21 Å². The third kappa shape index (κ3) is 2.45. The van der Waals surface area contributed by atoms with Gasteiger partial charge in [-0.05, 0) is 13.8 Å². The van der Waals surface area contributed by atoms with E-state index < -0.39 is 0 Å². The Bertz CT molecular complexity index is 153. The van der Waals surface area contributed by atoms with Gasteiger partial charge in [-0.15, -0.1) is 0 Å². The molecule has 0 fully saturated rings. The van der Waals surface area contributed by atoms with Crippen molar-refractivity contribution in [3.63, 3.8) is 0 Å². The highest BCUT2D eigenvalue weighted by Gasteiger charge is 1.99. The minimum Gasteiger partial charge on any atom is -0.411 e. The van der Waals surface area contributed by atoms with Gasteiger partial charge in [0, 0.05) is 6.54 Å². The smallest absolute Gasteiger partial charge is 0.169 e. The van der Waals surface area contributed by atoms with E-state index in [4.69, 9.17) is 10.4 Å². The molecule has 0 aliphatic heterocycles. The summed E-state index contributed by atoms with van der Waals surface area (Å²) in [5.41, 5.74) is 2.07. The Hall–Kier alpha value is -1.10. The van der Waals surface area contributed by atoms with E-state index in [1.807, 2.05) is 12.4 Å². The molecular formula is C5H11N3O2. The lowest BCUT2D eigenvalue weighted by Crippen LogP contribution is -2.26. The highest BCUT2D eigenvalue weighted by atomic mass is 16.5. The molecule has 0 saturated heterocycles. The molecule has 0 rings (SSSR count). The number of rotatable bonds is 2. The zero-order valence-electron chi connectivity index (χ0n) is 6.00. The van der Waals surface area contributed by atoms with Gasteiger partial charge in [0.05, 0.1) is 0 Å². The molecule has 0 saturated carbocycles. The predicted octanol–water partition coefficient (Wildman–Crippen LogP) is 0.234. The lowest BCUT2D eigenvalue weighted by molar-refractivity contribution is 0.235. The van der Waals surface area contributed by atoms with Gasteiger partial charge in [-0.25, -0.2) is 0 Å². The first-order chi connectivity index (χ1) is 4.76. The zero-order valence-corrected chi connectivity index (χ0v) is 6.00. The fourth-order valence-corrected chi connectivity index (χ4v) is 0.436. The maximum Gasteiger partial charge on any atom is 0.169 e. The normalized spacial score (nSPS) is 13.5. The number of nitrogens with zero attached hydrogens (tertiary/aromatic N) is 2. The van der Waals surface area contributed by atoms with E-state index >= 15 is 0 Å². The average Bonchev–Trinajstić information content (AvgIpc) is 1.99. The quantitative estimate of drug-likeness (QED) is 0.225. The summed E-state index contributed by atoms with van der Waals surface area (Å²) >= 11 is 0. The molecule has 0 radical (unpaired) electrons. The maximum absolute atomic E-state index is 8.39. The molecule has 0 aliphatic rings. The van der Waals surface area contributed by atoms with Gasteiger partial charge in [-0.3, -0.25) is 15.7 Å². The summed E-state index contributed by atoms with van der Waals surface area (Å²) in [5, 5.41) is 19.4. The molecular weight excluding hydrogens is 134 g/mol. The summed E-state index contributed by atoms with van der Waals surface area (Å²) in [4.78, 5) is 3.78. The molecule has 0 aromatic heterocycles. The number of nitrogens with one attached hydrogen (secondary N) is 1. The second kappa shape index (κ2) is 4.75. The highest BCUT2D eigenvalue weighted by Crippen LogP contribution is 1.79. The SMILES string of the molecule is CCN=C(NO)C(C)=NO. The Morgan fingerprint density at radius 3 is 2.50 bits per heavy atom. The molecule has 0 amide bonds. The van der Waals surface area contributed by atoms with Gasteiger partial charge >= 0.3 is 0 Å². The number of oxime groups is 1. The van der Waals surface area contributed by atoms with E-state index in [1.165, 1.54) is 6.92 Å². The van der Waals surface area contributed by atoms with Crippen molar-refractivity contribution in [3.8, 4) is 0 Å². The second-order valence-electron chi connectivity index (χ2n) is 1.62. The average molecular weight is 145 g/mol. The van der Waals surface area contributed by atoms with Gasteiger partial charge in [0.25, 0.3) is 0 Å². The molecule has 0 heterocycles. The second-order valence-corrected chi connectivity index (χ2v) is 1.62. The van der Waals surface area contributed by atoms with Crippen LogP contribution in [0.4, 0.5) is 0 Å². The minimum atomic E-state index is 0.185. The van der Waals surface area contributed by atoms with Crippen LogP contribution in [0.3, 0.4) is 0 Å². The van der Waals surface area contributed by atoms with Crippen LogP contribution in [0.2, 0.25) is 0 Å². The highest BCUT2D eigenvalue weighted by molar-refractivity contribution is 6.39. The molecule has 0 atom stereocenters. The number of aliphatic imine (C=N–C) groups is 1. The van der Waals surface area contributed by atoms with Crippen LogP contribution in [-0.4, -0.2) is 28.5 Å². The third-order valence-electron chi connectivity index (χ3n) is 0.915. The molecule has 0 aromatic rings. The molecule has 58 valence electrons. The third-order valence-corrected chi connectivity index (χ3v) is 0.915. The van der Waals surface area contributed by atoms with Crippen molar-refractivity contribution in [1.82, 2.24) is 5.48 Å². The Kier molecular flexibility index (Phi) is 4.23. The summed E-state index contributed by atoms with van der Waals surface area (Å²) in [5.74, 6) is 0.185. The zero-order chi connectivity index (χ0) is 7.98. The maximum atomic E-state index is 8.39. The van der Waals surface area contributed by atoms with Crippen LogP contribution >= 0.6 is 0 Å². The van der Waals surface area contributed by atoms with Crippen LogP contribution in [0.15, 0.2) is 10.1 Å². The van der Waals surface area contributed by atoms with Crippen molar-refractivity contribution >= 4 is 11.5 Å². The van der Waals surface area contributed by atoms with Gasteiger partial charge in [0.1, 0.15) is 5.71 Å². The van der Waals surface area contributed by atoms with Crippen LogP contribution in [0.25, 0.3) is 0 Å². The first-order valence-corrected chi connectivity index (χ1v) is 2.89. The van der Waals surface area contributed by atoms with Gasteiger partial charge in [-0.1, -0.05) is 5.16 Å². The number of hydroxylamine groups is 1. The van der Waals surface area contributed by atoms with Crippen LogP contribution in [-0.2, 0) is 0 Å². The van der Waals surface area contributed by atoms with Gasteiger partial charge in [0.15, 0.2) is 5.84 Å². The van der Waals surface area contributed by atoms with Crippen LogP contribution in [0.1, 0.15) is 13.8 Å². The van der Waals surface area contributed by atoms with Gasteiger partial charge in [0.2, 0.25) is 0 Å². The van der Waals surface area contributed by atoms with E-state index in [2.05, 4.69) is 10.1 Å². The minimum absolute atomic E-state index is 0.185. The first kappa shape index (κ1) is 8.90. The van der Waals surface area contributed by atoms with Crippen LogP contribution in [0.5, 0.6) is 0 Å². The van der Waals surface area contributed by atoms with E-state index in [1.54, 1.807) is 0 Å². The first-order valence-electron chi connectivity index (χ1n) is 2.89. The predicted molar refractivity (Wildman–Crippen MR) is 37.8 cm³/mol. The largest absolute Gasteiger partial charge is 0.411 e. The van der Waals surface area contributed by atoms with E-state index in [0.717, 1.165) is 0 Å². The lowest BCUT2D eigenvalue weighted by atomic mass is 10.4. The van der Waals surface area contributed by atoms with E-state index in [0.29, 0.717) is 6.54 Å². The molecule has 5 heteroatoms. The van der Waals surface area contributed by atoms with Crippen molar-refractivity contribution in [2.75, 3.05) is 6.54 Å². The summed E-state index contributed by atoms with van der Waals surface area (Å²) in [6.07, 6.45) is 0. The Morgan fingerprint density at radius 2 is 2.20 bits per heavy atom. The summed E-state index contributed by atoms with van der Waals surface area (Å²) in [7, 11) is 0. The standard InChI is InChI=1S/C5H11N3O2/c1-3-6-5(8-10)4(2)7-9/h9-10H,3H2,1-2H3,(H,6,8). The number of hydrogen-bond donors (Lipinski definition) is 3. The molecule has 0 bridgehead atoms. The summed E-state index contributed by atoms with van der Waals surface area (Å²) in [6, 6.07) is 0. The Labute approximate surface area is 59.0 Å². The molecule has 0 spiro atoms. The molecule has 0 unspecified atom stereocenters. The van der Waals surface area contributed by atoms with Crippen molar-refractivity contribution in [2.45, 2.75) is 13.8 Å². The van der Waals surface area contributed by atoms with Crippen LogP contribution < -0.4 is 5.48 Å².